The van der Waals surface area contributed by atoms with E-state index in [1.807, 2.05) is 30.3 Å². The topological polar surface area (TPSA) is 70.2 Å². The highest BCUT2D eigenvalue weighted by Gasteiger charge is 2.13. The zero-order valence-corrected chi connectivity index (χ0v) is 15.4. The van der Waals surface area contributed by atoms with Gasteiger partial charge in [0, 0.05) is 18.8 Å². The first-order chi connectivity index (χ1) is 12.0. The van der Waals surface area contributed by atoms with Crippen molar-refractivity contribution < 1.29 is 8.42 Å². The van der Waals surface area contributed by atoms with Crippen LogP contribution in [0.4, 0.5) is 5.69 Å². The molecule has 0 atom stereocenters. The van der Waals surface area contributed by atoms with E-state index in [-0.39, 0.29) is 4.90 Å². The van der Waals surface area contributed by atoms with Gasteiger partial charge in [-0.25, -0.2) is 13.1 Å². The first kappa shape index (κ1) is 19.1. The Morgan fingerprint density at radius 2 is 1.76 bits per heavy atom. The molecule has 25 heavy (non-hydrogen) atoms. The van der Waals surface area contributed by atoms with E-state index in [9.17, 15) is 8.42 Å². The molecule has 2 rings (SSSR count). The lowest BCUT2D eigenvalue weighted by atomic mass is 10.2. The molecule has 0 amide bonds. The maximum absolute atomic E-state index is 12.3. The Hall–Kier alpha value is -2.22. The molecule has 2 aromatic carbocycles. The van der Waals surface area contributed by atoms with Gasteiger partial charge in [-0.2, -0.15) is 0 Å². The molecule has 0 radical (unpaired) electrons. The minimum atomic E-state index is -3.53. The van der Waals surface area contributed by atoms with Gasteiger partial charge in [-0.1, -0.05) is 36.4 Å². The number of sulfonamides is 1. The molecule has 0 bridgehead atoms. The summed E-state index contributed by atoms with van der Waals surface area (Å²) in [6, 6.07) is 16.2. The zero-order valence-electron chi connectivity index (χ0n) is 13.7. The second kappa shape index (κ2) is 9.31. The maximum Gasteiger partial charge on any atom is 0.240 e. The second-order valence-electron chi connectivity index (χ2n) is 5.28. The van der Waals surface area contributed by atoms with Crippen molar-refractivity contribution in [3.05, 3.63) is 72.8 Å². The van der Waals surface area contributed by atoms with E-state index < -0.39 is 10.0 Å². The van der Waals surface area contributed by atoms with Gasteiger partial charge in [0.15, 0.2) is 5.11 Å². The summed E-state index contributed by atoms with van der Waals surface area (Å²) < 4.78 is 27.2. The zero-order chi connectivity index (χ0) is 18.1. The van der Waals surface area contributed by atoms with Crippen LogP contribution in [-0.4, -0.2) is 26.6 Å². The summed E-state index contributed by atoms with van der Waals surface area (Å²) in [5.74, 6) is 0. The van der Waals surface area contributed by atoms with Crippen LogP contribution in [-0.2, 0) is 16.4 Å². The van der Waals surface area contributed by atoms with Crippen LogP contribution in [0.15, 0.2) is 72.1 Å². The first-order valence-electron chi connectivity index (χ1n) is 7.80. The minimum Gasteiger partial charge on any atom is -0.359 e. The molecular formula is C18H21N3O2S2. The Balaban J connectivity index is 1.90. The fourth-order valence-corrected chi connectivity index (χ4v) is 3.35. The third-order valence-corrected chi connectivity index (χ3v) is 5.10. The Bertz CT molecular complexity index is 804. The van der Waals surface area contributed by atoms with Gasteiger partial charge in [-0.3, -0.25) is 0 Å². The van der Waals surface area contributed by atoms with Crippen LogP contribution in [0.5, 0.6) is 0 Å². The van der Waals surface area contributed by atoms with Crippen LogP contribution < -0.4 is 15.4 Å². The SMILES string of the molecule is C=CCNC(=S)Nc1ccc(S(=O)(=O)NCCc2ccccc2)cc1. The summed E-state index contributed by atoms with van der Waals surface area (Å²) in [4.78, 5) is 0.219. The fourth-order valence-electron chi connectivity index (χ4n) is 2.12. The van der Waals surface area contributed by atoms with Crippen molar-refractivity contribution in [1.29, 1.82) is 0 Å². The van der Waals surface area contributed by atoms with Crippen LogP contribution in [0.1, 0.15) is 5.56 Å². The highest BCUT2D eigenvalue weighted by atomic mass is 32.2. The number of anilines is 1. The summed E-state index contributed by atoms with van der Waals surface area (Å²) >= 11 is 5.11. The Morgan fingerprint density at radius 1 is 1.08 bits per heavy atom. The van der Waals surface area contributed by atoms with E-state index in [1.54, 1.807) is 30.3 Å². The Labute approximate surface area is 154 Å². The Kier molecular flexibility index (Phi) is 7.12. The summed E-state index contributed by atoms with van der Waals surface area (Å²) in [5.41, 5.74) is 1.80. The van der Waals surface area contributed by atoms with Crippen LogP contribution in [0.3, 0.4) is 0 Å². The highest BCUT2D eigenvalue weighted by molar-refractivity contribution is 7.89. The predicted octanol–water partition coefficient (Wildman–Crippen LogP) is 2.68. The van der Waals surface area contributed by atoms with E-state index in [2.05, 4.69) is 21.9 Å². The molecular weight excluding hydrogens is 354 g/mol. The molecule has 0 heterocycles. The van der Waals surface area contributed by atoms with Gasteiger partial charge in [-0.15, -0.1) is 6.58 Å². The molecule has 0 spiro atoms. The third kappa shape index (κ3) is 6.30. The van der Waals surface area contributed by atoms with Gasteiger partial charge in [-0.05, 0) is 48.5 Å². The molecule has 132 valence electrons. The molecule has 0 saturated heterocycles. The molecule has 0 aliphatic heterocycles. The Morgan fingerprint density at radius 3 is 2.40 bits per heavy atom. The third-order valence-electron chi connectivity index (χ3n) is 3.38. The quantitative estimate of drug-likeness (QED) is 0.489. The van der Waals surface area contributed by atoms with E-state index >= 15 is 0 Å². The smallest absolute Gasteiger partial charge is 0.240 e. The lowest BCUT2D eigenvalue weighted by molar-refractivity contribution is 0.581. The average molecular weight is 376 g/mol. The normalized spacial score (nSPS) is 10.9. The van der Waals surface area contributed by atoms with E-state index in [0.717, 1.165) is 5.56 Å². The standard InChI is InChI=1S/C18H21N3O2S2/c1-2-13-19-18(24)21-16-8-10-17(11-9-16)25(22,23)20-14-12-15-6-4-3-5-7-15/h2-11,20H,1,12-14H2,(H2,19,21,24). The number of thiocarbonyl (C=S) groups is 1. The molecule has 0 aliphatic rings. The van der Waals surface area contributed by atoms with E-state index in [1.165, 1.54) is 0 Å². The van der Waals surface area contributed by atoms with Crippen LogP contribution in [0.2, 0.25) is 0 Å². The molecule has 7 heteroatoms. The van der Waals surface area contributed by atoms with Crippen molar-refractivity contribution in [1.82, 2.24) is 10.0 Å². The summed E-state index contributed by atoms with van der Waals surface area (Å²) in [6.07, 6.45) is 2.34. The highest BCUT2D eigenvalue weighted by Crippen LogP contribution is 2.14. The van der Waals surface area contributed by atoms with Gasteiger partial charge >= 0.3 is 0 Å². The number of hydrogen-bond acceptors (Lipinski definition) is 3. The van der Waals surface area contributed by atoms with Crippen molar-refractivity contribution in [3.8, 4) is 0 Å². The average Bonchev–Trinajstić information content (AvgIpc) is 2.61. The van der Waals surface area contributed by atoms with Crippen molar-refractivity contribution >= 4 is 33.0 Å². The minimum absolute atomic E-state index is 0.219. The molecule has 3 N–H and O–H groups in total. The van der Waals surface area contributed by atoms with Gasteiger partial charge in [0.1, 0.15) is 0 Å². The van der Waals surface area contributed by atoms with Gasteiger partial charge in [0.2, 0.25) is 10.0 Å². The van der Waals surface area contributed by atoms with Gasteiger partial charge in [0.05, 0.1) is 4.90 Å². The number of rotatable bonds is 8. The molecule has 0 saturated carbocycles. The fraction of sp³-hybridized carbons (Fsp3) is 0.167. The molecule has 0 aliphatic carbocycles. The van der Waals surface area contributed by atoms with Crippen molar-refractivity contribution in [3.63, 3.8) is 0 Å². The molecule has 5 nitrogen and oxygen atoms in total. The van der Waals surface area contributed by atoms with Crippen LogP contribution in [0.25, 0.3) is 0 Å². The monoisotopic (exact) mass is 375 g/mol. The predicted molar refractivity (Wildman–Crippen MR) is 106 cm³/mol. The largest absolute Gasteiger partial charge is 0.359 e. The van der Waals surface area contributed by atoms with Crippen molar-refractivity contribution in [2.24, 2.45) is 0 Å². The molecule has 0 aromatic heterocycles. The lowest BCUT2D eigenvalue weighted by Crippen LogP contribution is -2.28. The molecule has 0 unspecified atom stereocenters. The summed E-state index contributed by atoms with van der Waals surface area (Å²) in [7, 11) is -3.53. The second-order valence-corrected chi connectivity index (χ2v) is 7.46. The first-order valence-corrected chi connectivity index (χ1v) is 9.70. The number of benzene rings is 2. The summed E-state index contributed by atoms with van der Waals surface area (Å²) in [5, 5.41) is 6.37. The number of nitrogens with one attached hydrogen (secondary N) is 3. The van der Waals surface area contributed by atoms with Crippen molar-refractivity contribution in [2.45, 2.75) is 11.3 Å². The van der Waals surface area contributed by atoms with Crippen LogP contribution in [0, 0.1) is 0 Å². The molecule has 2 aromatic rings. The van der Waals surface area contributed by atoms with Crippen molar-refractivity contribution in [2.75, 3.05) is 18.4 Å². The lowest BCUT2D eigenvalue weighted by Gasteiger charge is -2.10. The van der Waals surface area contributed by atoms with Crippen LogP contribution >= 0.6 is 12.2 Å². The maximum atomic E-state index is 12.3. The summed E-state index contributed by atoms with van der Waals surface area (Å²) in [6.45, 7) is 4.51. The van der Waals surface area contributed by atoms with E-state index in [0.29, 0.717) is 30.3 Å². The number of hydrogen-bond donors (Lipinski definition) is 3. The van der Waals surface area contributed by atoms with Gasteiger partial charge < -0.3 is 10.6 Å². The van der Waals surface area contributed by atoms with E-state index in [4.69, 9.17) is 12.2 Å². The molecule has 0 fully saturated rings. The van der Waals surface area contributed by atoms with Gasteiger partial charge in [0.25, 0.3) is 0 Å².